The minimum atomic E-state index is -4.22. The van der Waals surface area contributed by atoms with Crippen LogP contribution in [-0.2, 0) is 12.6 Å². The van der Waals surface area contributed by atoms with Gasteiger partial charge in [-0.3, -0.25) is 0 Å². The van der Waals surface area contributed by atoms with Gasteiger partial charge in [-0.2, -0.15) is 13.2 Å². The molecule has 0 spiro atoms. The maximum absolute atomic E-state index is 12.2. The summed E-state index contributed by atoms with van der Waals surface area (Å²) in [5.41, 5.74) is 3.70. The Bertz CT molecular complexity index is 772. The maximum Gasteiger partial charge on any atom is 0.416 e. The van der Waals surface area contributed by atoms with Crippen molar-refractivity contribution in [3.05, 3.63) is 95.6 Å². The van der Waals surface area contributed by atoms with Gasteiger partial charge in [0.15, 0.2) is 0 Å². The first-order chi connectivity index (χ1) is 11.9. The largest absolute Gasteiger partial charge is 0.416 e. The van der Waals surface area contributed by atoms with Gasteiger partial charge in [-0.1, -0.05) is 85.3 Å². The molecule has 0 heterocycles. The van der Waals surface area contributed by atoms with E-state index in [9.17, 15) is 13.2 Å². The second kappa shape index (κ2) is 8.52. The summed E-state index contributed by atoms with van der Waals surface area (Å²) < 4.78 is 36.7. The molecule has 0 radical (unpaired) electrons. The minimum Gasteiger partial charge on any atom is -0.166 e. The lowest BCUT2D eigenvalue weighted by molar-refractivity contribution is -0.138. The number of halogens is 3. The van der Waals surface area contributed by atoms with E-state index in [1.807, 2.05) is 6.07 Å². The molecule has 0 saturated carbocycles. The second-order valence-corrected chi connectivity index (χ2v) is 5.74. The Morgan fingerprint density at radius 3 is 1.72 bits per heavy atom. The van der Waals surface area contributed by atoms with Gasteiger partial charge in [0.05, 0.1) is 5.56 Å². The van der Waals surface area contributed by atoms with Crippen molar-refractivity contribution < 1.29 is 13.2 Å². The molecule has 0 unspecified atom stereocenters. The zero-order valence-corrected chi connectivity index (χ0v) is 14.3. The van der Waals surface area contributed by atoms with E-state index in [2.05, 4.69) is 55.5 Å². The van der Waals surface area contributed by atoms with Crippen molar-refractivity contribution in [2.45, 2.75) is 26.4 Å². The molecule has 0 nitrogen and oxygen atoms in total. The first-order valence-corrected chi connectivity index (χ1v) is 8.19. The molecule has 0 amide bonds. The molecule has 3 rings (SSSR count). The van der Waals surface area contributed by atoms with Crippen molar-refractivity contribution in [2.24, 2.45) is 0 Å². The predicted octanol–water partition coefficient (Wildman–Crippen LogP) is 6.93. The highest BCUT2D eigenvalue weighted by Gasteiger charge is 2.32. The number of rotatable bonds is 2. The summed E-state index contributed by atoms with van der Waals surface area (Å²) in [7, 11) is 0. The average Bonchev–Trinajstić information content (AvgIpc) is 2.63. The van der Waals surface area contributed by atoms with Gasteiger partial charge < -0.3 is 0 Å². The van der Waals surface area contributed by atoms with E-state index in [1.165, 1.54) is 28.8 Å². The summed E-state index contributed by atoms with van der Waals surface area (Å²) in [6.07, 6.45) is -3.80. The van der Waals surface area contributed by atoms with E-state index >= 15 is 0 Å². The highest BCUT2D eigenvalue weighted by molar-refractivity contribution is 5.63. The van der Waals surface area contributed by atoms with Crippen molar-refractivity contribution in [1.82, 2.24) is 0 Å². The van der Waals surface area contributed by atoms with Crippen molar-refractivity contribution in [2.75, 3.05) is 0 Å². The van der Waals surface area contributed by atoms with Crippen LogP contribution in [0.5, 0.6) is 0 Å². The molecule has 0 N–H and O–H groups in total. The van der Waals surface area contributed by atoms with Crippen LogP contribution in [0.4, 0.5) is 13.2 Å². The Hall–Kier alpha value is -2.55. The number of hydrogen-bond donors (Lipinski definition) is 0. The van der Waals surface area contributed by atoms with Gasteiger partial charge in [0.1, 0.15) is 0 Å². The number of aryl methyl sites for hydroxylation is 2. The molecule has 0 bridgehead atoms. The molecule has 3 heteroatoms. The molecule has 0 aromatic heterocycles. The molecule has 130 valence electrons. The molecule has 25 heavy (non-hydrogen) atoms. The third-order valence-corrected chi connectivity index (χ3v) is 3.86. The van der Waals surface area contributed by atoms with Crippen LogP contribution in [0, 0.1) is 6.92 Å². The second-order valence-electron chi connectivity index (χ2n) is 5.74. The summed E-state index contributed by atoms with van der Waals surface area (Å²) in [6.45, 7) is 3.82. The normalized spacial score (nSPS) is 10.8. The summed E-state index contributed by atoms with van der Waals surface area (Å²) in [5.74, 6) is 0. The summed E-state index contributed by atoms with van der Waals surface area (Å²) >= 11 is 0. The van der Waals surface area contributed by atoms with E-state index < -0.39 is 11.7 Å². The highest BCUT2D eigenvalue weighted by atomic mass is 19.4. The van der Waals surface area contributed by atoms with Gasteiger partial charge in [0.2, 0.25) is 0 Å². The average molecular weight is 342 g/mol. The number of alkyl halides is 3. The van der Waals surface area contributed by atoms with Crippen LogP contribution in [0.3, 0.4) is 0 Å². The van der Waals surface area contributed by atoms with Gasteiger partial charge in [-0.05, 0) is 36.1 Å². The van der Waals surface area contributed by atoms with Crippen LogP contribution in [0.25, 0.3) is 11.1 Å². The van der Waals surface area contributed by atoms with E-state index in [0.29, 0.717) is 12.0 Å². The molecular formula is C22H21F3. The van der Waals surface area contributed by atoms with Crippen molar-refractivity contribution in [3.8, 4) is 11.1 Å². The Morgan fingerprint density at radius 2 is 1.20 bits per heavy atom. The van der Waals surface area contributed by atoms with E-state index in [1.54, 1.807) is 13.0 Å². The van der Waals surface area contributed by atoms with Gasteiger partial charge in [-0.15, -0.1) is 0 Å². The van der Waals surface area contributed by atoms with Gasteiger partial charge in [0.25, 0.3) is 0 Å². The molecule has 0 fully saturated rings. The third kappa shape index (κ3) is 5.49. The maximum atomic E-state index is 12.2. The minimum absolute atomic E-state index is 0.352. The third-order valence-electron chi connectivity index (χ3n) is 3.86. The Labute approximate surface area is 147 Å². The van der Waals surface area contributed by atoms with Crippen molar-refractivity contribution in [1.29, 1.82) is 0 Å². The quantitative estimate of drug-likeness (QED) is 0.474. The predicted molar refractivity (Wildman–Crippen MR) is 97.4 cm³/mol. The molecule has 0 atom stereocenters. The van der Waals surface area contributed by atoms with Crippen LogP contribution in [-0.4, -0.2) is 0 Å². The molecule has 0 aliphatic carbocycles. The summed E-state index contributed by atoms with van der Waals surface area (Å²) in [4.78, 5) is 0. The van der Waals surface area contributed by atoms with Crippen LogP contribution < -0.4 is 0 Å². The van der Waals surface area contributed by atoms with Crippen LogP contribution in [0.15, 0.2) is 78.9 Å². The van der Waals surface area contributed by atoms with Gasteiger partial charge >= 0.3 is 6.18 Å². The molecule has 3 aromatic rings. The van der Waals surface area contributed by atoms with E-state index in [0.717, 1.165) is 6.07 Å². The molecular weight excluding hydrogens is 321 g/mol. The zero-order chi connectivity index (χ0) is 18.3. The fourth-order valence-electron chi connectivity index (χ4n) is 2.48. The topological polar surface area (TPSA) is 0 Å². The van der Waals surface area contributed by atoms with Crippen LogP contribution in [0.1, 0.15) is 23.6 Å². The summed E-state index contributed by atoms with van der Waals surface area (Å²) in [6, 6.07) is 24.7. The van der Waals surface area contributed by atoms with Gasteiger partial charge in [0, 0.05) is 0 Å². The lowest BCUT2D eigenvalue weighted by atomic mass is 10.0. The molecule has 3 aromatic carbocycles. The highest BCUT2D eigenvalue weighted by Crippen LogP contribution is 2.31. The molecule has 0 aliphatic rings. The fourth-order valence-corrected chi connectivity index (χ4v) is 2.48. The van der Waals surface area contributed by atoms with Crippen molar-refractivity contribution in [3.63, 3.8) is 0 Å². The monoisotopic (exact) mass is 342 g/mol. The van der Waals surface area contributed by atoms with E-state index in [4.69, 9.17) is 0 Å². The lowest BCUT2D eigenvalue weighted by Crippen LogP contribution is -2.08. The smallest absolute Gasteiger partial charge is 0.166 e. The van der Waals surface area contributed by atoms with E-state index in [-0.39, 0.29) is 0 Å². The molecule has 0 aliphatic heterocycles. The lowest BCUT2D eigenvalue weighted by Gasteiger charge is -2.10. The molecule has 0 saturated heterocycles. The number of benzene rings is 3. The Balaban J connectivity index is 0.000000181. The SMILES string of the molecule is CCc1ccccc1C(F)(F)F.Cc1ccc(-c2ccccc2)cc1. The zero-order valence-electron chi connectivity index (χ0n) is 14.3. The van der Waals surface area contributed by atoms with Crippen LogP contribution >= 0.6 is 0 Å². The number of hydrogen-bond acceptors (Lipinski definition) is 0. The van der Waals surface area contributed by atoms with Crippen molar-refractivity contribution >= 4 is 0 Å². The fraction of sp³-hybridized carbons (Fsp3) is 0.182. The first-order valence-electron chi connectivity index (χ1n) is 8.19. The standard InChI is InChI=1S/C13H12.C9H9F3/c1-11-7-9-13(10-8-11)12-5-3-2-4-6-12;1-2-7-5-3-4-6-8(7)9(10,11)12/h2-10H,1H3;3-6H,2H2,1H3. The summed E-state index contributed by atoms with van der Waals surface area (Å²) in [5, 5.41) is 0. The van der Waals surface area contributed by atoms with Crippen LogP contribution in [0.2, 0.25) is 0 Å². The Morgan fingerprint density at radius 1 is 0.680 bits per heavy atom. The van der Waals surface area contributed by atoms with Gasteiger partial charge in [-0.25, -0.2) is 0 Å². The first kappa shape index (κ1) is 18.8. The Kier molecular flexibility index (Phi) is 6.40.